The lowest BCUT2D eigenvalue weighted by Gasteiger charge is -2.44. The van der Waals surface area contributed by atoms with E-state index in [4.69, 9.17) is 0 Å². The zero-order valence-electron chi connectivity index (χ0n) is 12.7. The van der Waals surface area contributed by atoms with Gasteiger partial charge in [-0.25, -0.2) is 0 Å². The van der Waals surface area contributed by atoms with E-state index in [1.54, 1.807) is 0 Å². The smallest absolute Gasteiger partial charge is 0.226 e. The molecule has 18 heavy (non-hydrogen) atoms. The Hall–Kier alpha value is -0.790. The minimum Gasteiger partial charge on any atom is -0.351 e. The Bertz CT molecular complexity index is 316. The van der Waals surface area contributed by atoms with Crippen LogP contribution in [0.3, 0.4) is 0 Å². The first kappa shape index (κ1) is 15.3. The maximum atomic E-state index is 12.6. The maximum Gasteiger partial charge on any atom is 0.226 e. The summed E-state index contributed by atoms with van der Waals surface area (Å²) in [6, 6.07) is 0. The number of allylic oxidation sites excluding steroid dienone is 1. The van der Waals surface area contributed by atoms with Crippen molar-refractivity contribution in [2.24, 2.45) is 17.3 Å². The van der Waals surface area contributed by atoms with E-state index in [2.05, 4.69) is 25.7 Å². The molecule has 2 unspecified atom stereocenters. The van der Waals surface area contributed by atoms with Crippen LogP contribution in [0.15, 0.2) is 12.7 Å². The summed E-state index contributed by atoms with van der Waals surface area (Å²) in [5, 5.41) is 3.17. The average molecular weight is 251 g/mol. The summed E-state index contributed by atoms with van der Waals surface area (Å²) in [7, 11) is 0. The lowest BCUT2D eigenvalue weighted by molar-refractivity contribution is -0.137. The molecule has 0 bridgehead atoms. The second kappa shape index (κ2) is 5.46. The summed E-state index contributed by atoms with van der Waals surface area (Å²) in [5.74, 6) is 1.20. The quantitative estimate of drug-likeness (QED) is 0.757. The van der Waals surface area contributed by atoms with Crippen molar-refractivity contribution in [1.29, 1.82) is 0 Å². The van der Waals surface area contributed by atoms with Crippen LogP contribution in [0.25, 0.3) is 0 Å². The molecule has 1 aliphatic carbocycles. The first-order valence-electron chi connectivity index (χ1n) is 7.18. The number of nitrogens with one attached hydrogen (secondary N) is 1. The van der Waals surface area contributed by atoms with E-state index in [1.807, 2.05) is 26.8 Å². The largest absolute Gasteiger partial charge is 0.351 e. The van der Waals surface area contributed by atoms with E-state index in [0.29, 0.717) is 11.8 Å². The van der Waals surface area contributed by atoms with Gasteiger partial charge in [0.05, 0.1) is 0 Å². The molecule has 0 heterocycles. The van der Waals surface area contributed by atoms with Crippen LogP contribution in [0.2, 0.25) is 0 Å². The molecule has 104 valence electrons. The van der Waals surface area contributed by atoms with Crippen molar-refractivity contribution in [2.75, 3.05) is 0 Å². The molecule has 0 aliphatic heterocycles. The zero-order chi connectivity index (χ0) is 14.0. The normalized spacial score (nSPS) is 32.9. The molecule has 1 fully saturated rings. The summed E-state index contributed by atoms with van der Waals surface area (Å²) in [6.45, 7) is 14.4. The topological polar surface area (TPSA) is 29.1 Å². The molecule has 1 saturated carbocycles. The molecule has 0 aromatic rings. The van der Waals surface area contributed by atoms with Gasteiger partial charge in [-0.3, -0.25) is 4.79 Å². The SMILES string of the molecule is C=C[C@@H]1CCC(CC)C(C)(C(=O)NC(C)(C)C)C1. The molecule has 1 amide bonds. The van der Waals surface area contributed by atoms with Gasteiger partial charge in [-0.15, -0.1) is 6.58 Å². The van der Waals surface area contributed by atoms with Gasteiger partial charge in [-0.2, -0.15) is 0 Å². The third-order valence-electron chi connectivity index (χ3n) is 4.31. The number of hydrogen-bond acceptors (Lipinski definition) is 1. The van der Waals surface area contributed by atoms with Crippen molar-refractivity contribution in [1.82, 2.24) is 5.32 Å². The number of carbonyl (C=O) groups excluding carboxylic acids is 1. The average Bonchev–Trinajstić information content (AvgIpc) is 2.26. The molecule has 1 N–H and O–H groups in total. The Labute approximate surface area is 112 Å². The van der Waals surface area contributed by atoms with Gasteiger partial charge in [0, 0.05) is 11.0 Å². The Balaban J connectivity index is 2.89. The summed E-state index contributed by atoms with van der Waals surface area (Å²) in [6.07, 6.45) is 6.37. The first-order valence-corrected chi connectivity index (χ1v) is 7.18. The summed E-state index contributed by atoms with van der Waals surface area (Å²) < 4.78 is 0. The third-order valence-corrected chi connectivity index (χ3v) is 4.31. The predicted molar refractivity (Wildman–Crippen MR) is 77.3 cm³/mol. The second-order valence-corrected chi connectivity index (χ2v) is 7.00. The Morgan fingerprint density at radius 3 is 2.50 bits per heavy atom. The van der Waals surface area contributed by atoms with Gasteiger partial charge in [-0.05, 0) is 51.9 Å². The van der Waals surface area contributed by atoms with Gasteiger partial charge < -0.3 is 5.32 Å². The molecule has 0 aromatic heterocycles. The number of hydrogen-bond donors (Lipinski definition) is 1. The van der Waals surface area contributed by atoms with Crippen molar-refractivity contribution >= 4 is 5.91 Å². The third kappa shape index (κ3) is 3.37. The lowest BCUT2D eigenvalue weighted by Crippen LogP contribution is -2.52. The van der Waals surface area contributed by atoms with Gasteiger partial charge in [-0.1, -0.05) is 26.3 Å². The van der Waals surface area contributed by atoms with Crippen LogP contribution in [0, 0.1) is 17.3 Å². The molecule has 3 atom stereocenters. The number of carbonyl (C=O) groups is 1. The highest BCUT2D eigenvalue weighted by atomic mass is 16.2. The standard InChI is InChI=1S/C16H29NO/c1-7-12-9-10-13(8-2)16(6,11-12)14(18)17-15(3,4)5/h7,12-13H,1,8-11H2,2-6H3,(H,17,18)/t12-,13?,16?/m1/s1. The van der Waals surface area contributed by atoms with Crippen LogP contribution in [0.4, 0.5) is 0 Å². The van der Waals surface area contributed by atoms with Crippen LogP contribution < -0.4 is 5.32 Å². The van der Waals surface area contributed by atoms with Crippen molar-refractivity contribution in [3.8, 4) is 0 Å². The van der Waals surface area contributed by atoms with E-state index in [9.17, 15) is 4.79 Å². The predicted octanol–water partition coefficient (Wildman–Crippen LogP) is 3.92. The molecule has 0 aromatic carbocycles. The molecule has 1 rings (SSSR count). The van der Waals surface area contributed by atoms with Gasteiger partial charge >= 0.3 is 0 Å². The van der Waals surface area contributed by atoms with E-state index >= 15 is 0 Å². The minimum absolute atomic E-state index is 0.153. The Kier molecular flexibility index (Phi) is 4.63. The van der Waals surface area contributed by atoms with Gasteiger partial charge in [0.15, 0.2) is 0 Å². The van der Waals surface area contributed by atoms with Gasteiger partial charge in [0.2, 0.25) is 5.91 Å². The summed E-state index contributed by atoms with van der Waals surface area (Å²) >= 11 is 0. The van der Waals surface area contributed by atoms with E-state index in [1.165, 1.54) is 6.42 Å². The van der Waals surface area contributed by atoms with Gasteiger partial charge in [0.1, 0.15) is 0 Å². The number of rotatable bonds is 3. The van der Waals surface area contributed by atoms with Gasteiger partial charge in [0.25, 0.3) is 0 Å². The fourth-order valence-electron chi connectivity index (χ4n) is 3.16. The fourth-order valence-corrected chi connectivity index (χ4v) is 3.16. The van der Waals surface area contributed by atoms with E-state index in [-0.39, 0.29) is 16.9 Å². The lowest BCUT2D eigenvalue weighted by atomic mass is 9.62. The molecule has 2 heteroatoms. The van der Waals surface area contributed by atoms with E-state index < -0.39 is 0 Å². The van der Waals surface area contributed by atoms with Crippen LogP contribution in [-0.2, 0) is 4.79 Å². The highest BCUT2D eigenvalue weighted by Crippen LogP contribution is 2.46. The molecule has 0 spiro atoms. The van der Waals surface area contributed by atoms with Crippen molar-refractivity contribution in [3.63, 3.8) is 0 Å². The van der Waals surface area contributed by atoms with Crippen LogP contribution in [0.5, 0.6) is 0 Å². The van der Waals surface area contributed by atoms with Crippen molar-refractivity contribution in [2.45, 2.75) is 65.8 Å². The summed E-state index contributed by atoms with van der Waals surface area (Å²) in [4.78, 5) is 12.6. The minimum atomic E-state index is -0.237. The zero-order valence-corrected chi connectivity index (χ0v) is 12.7. The molecule has 0 radical (unpaired) electrons. The Morgan fingerprint density at radius 2 is 2.06 bits per heavy atom. The number of amides is 1. The van der Waals surface area contributed by atoms with Crippen LogP contribution in [-0.4, -0.2) is 11.4 Å². The molecule has 2 nitrogen and oxygen atoms in total. The second-order valence-electron chi connectivity index (χ2n) is 7.00. The monoisotopic (exact) mass is 251 g/mol. The van der Waals surface area contributed by atoms with Crippen molar-refractivity contribution < 1.29 is 4.79 Å². The van der Waals surface area contributed by atoms with Crippen LogP contribution >= 0.6 is 0 Å². The summed E-state index contributed by atoms with van der Waals surface area (Å²) in [5.41, 5.74) is -0.390. The van der Waals surface area contributed by atoms with E-state index in [0.717, 1.165) is 19.3 Å². The molecule has 1 aliphatic rings. The molecular formula is C16H29NO. The highest BCUT2D eigenvalue weighted by molar-refractivity contribution is 5.83. The molecule has 0 saturated heterocycles. The first-order chi connectivity index (χ1) is 8.23. The van der Waals surface area contributed by atoms with Crippen molar-refractivity contribution in [3.05, 3.63) is 12.7 Å². The van der Waals surface area contributed by atoms with Crippen LogP contribution in [0.1, 0.15) is 60.3 Å². The highest BCUT2D eigenvalue weighted by Gasteiger charge is 2.45. The Morgan fingerprint density at radius 1 is 1.44 bits per heavy atom. The molecular weight excluding hydrogens is 222 g/mol. The fraction of sp³-hybridized carbons (Fsp3) is 0.812. The maximum absolute atomic E-state index is 12.6.